The maximum absolute atomic E-state index is 6.64. The molecule has 2 N–H and O–H groups in total. The van der Waals surface area contributed by atoms with Crippen LogP contribution in [0.2, 0.25) is 5.02 Å². The van der Waals surface area contributed by atoms with Crippen LogP contribution in [-0.2, 0) is 0 Å². The third-order valence-corrected chi connectivity index (χ3v) is 5.04. The van der Waals surface area contributed by atoms with Gasteiger partial charge in [-0.2, -0.15) is 0 Å². The Morgan fingerprint density at radius 2 is 1.89 bits per heavy atom. The molecule has 106 valence electrons. The van der Waals surface area contributed by atoms with Crippen LogP contribution in [0.5, 0.6) is 0 Å². The Morgan fingerprint density at radius 3 is 2.42 bits per heavy atom. The normalized spacial score (nSPS) is 19.9. The molecule has 0 heterocycles. The lowest BCUT2D eigenvalue weighted by Gasteiger charge is -2.37. The summed E-state index contributed by atoms with van der Waals surface area (Å²) in [6, 6.07) is 6.44. The van der Waals surface area contributed by atoms with Crippen molar-refractivity contribution >= 4 is 11.6 Å². The maximum atomic E-state index is 6.64. The number of hydrogen-bond acceptors (Lipinski definition) is 1. The van der Waals surface area contributed by atoms with Crippen molar-refractivity contribution in [2.45, 2.75) is 58.9 Å². The molecule has 2 rings (SSSR count). The lowest BCUT2D eigenvalue weighted by molar-refractivity contribution is 0.183. The van der Waals surface area contributed by atoms with Gasteiger partial charge in [0, 0.05) is 11.1 Å². The molecule has 0 spiro atoms. The van der Waals surface area contributed by atoms with Crippen LogP contribution in [0.25, 0.3) is 0 Å². The van der Waals surface area contributed by atoms with Crippen LogP contribution in [-0.4, -0.2) is 0 Å². The molecule has 0 radical (unpaired) electrons. The van der Waals surface area contributed by atoms with Gasteiger partial charge in [0.1, 0.15) is 0 Å². The standard InChI is InChI=1S/C17H26ClN/c1-12(2)11-17(8-4-5-9-17)16(19)14-7-6-13(3)15(18)10-14/h6-7,10,12,16H,4-5,8-9,11,19H2,1-3H3. The van der Waals surface area contributed by atoms with Crippen molar-refractivity contribution in [3.05, 3.63) is 34.3 Å². The molecule has 19 heavy (non-hydrogen) atoms. The van der Waals surface area contributed by atoms with Crippen LogP contribution in [0.1, 0.15) is 63.1 Å². The number of nitrogens with two attached hydrogens (primary N) is 1. The first-order valence-corrected chi connectivity index (χ1v) is 7.84. The Kier molecular flexibility index (Phi) is 4.58. The number of hydrogen-bond donors (Lipinski definition) is 1. The van der Waals surface area contributed by atoms with Crippen LogP contribution in [0.4, 0.5) is 0 Å². The highest BCUT2D eigenvalue weighted by molar-refractivity contribution is 6.31. The lowest BCUT2D eigenvalue weighted by Crippen LogP contribution is -2.33. The maximum Gasteiger partial charge on any atom is 0.0438 e. The van der Waals surface area contributed by atoms with Crippen LogP contribution in [0.15, 0.2) is 18.2 Å². The number of aryl methyl sites for hydroxylation is 1. The molecule has 1 saturated carbocycles. The van der Waals surface area contributed by atoms with Gasteiger partial charge in [-0.15, -0.1) is 0 Å². The van der Waals surface area contributed by atoms with Crippen molar-refractivity contribution in [1.29, 1.82) is 0 Å². The van der Waals surface area contributed by atoms with E-state index in [1.165, 1.54) is 37.7 Å². The first-order chi connectivity index (χ1) is 8.94. The van der Waals surface area contributed by atoms with Gasteiger partial charge in [0.05, 0.1) is 0 Å². The van der Waals surface area contributed by atoms with Gasteiger partial charge in [0.25, 0.3) is 0 Å². The molecular weight excluding hydrogens is 254 g/mol. The van der Waals surface area contributed by atoms with E-state index in [0.29, 0.717) is 5.92 Å². The smallest absolute Gasteiger partial charge is 0.0438 e. The average Bonchev–Trinajstić information content (AvgIpc) is 2.80. The first kappa shape index (κ1) is 14.9. The van der Waals surface area contributed by atoms with Crippen molar-refractivity contribution < 1.29 is 0 Å². The van der Waals surface area contributed by atoms with E-state index in [-0.39, 0.29) is 11.5 Å². The highest BCUT2D eigenvalue weighted by Gasteiger charge is 2.40. The van der Waals surface area contributed by atoms with Gasteiger partial charge in [-0.1, -0.05) is 50.4 Å². The minimum absolute atomic E-state index is 0.121. The molecular formula is C17H26ClN. The largest absolute Gasteiger partial charge is 0.323 e. The van der Waals surface area contributed by atoms with Gasteiger partial charge in [0.15, 0.2) is 0 Å². The van der Waals surface area contributed by atoms with Crippen LogP contribution in [0.3, 0.4) is 0 Å². The molecule has 1 nitrogen and oxygen atoms in total. The van der Waals surface area contributed by atoms with E-state index in [4.69, 9.17) is 17.3 Å². The molecule has 1 aromatic rings. The number of benzene rings is 1. The van der Waals surface area contributed by atoms with E-state index in [1.807, 2.05) is 6.92 Å². The van der Waals surface area contributed by atoms with Crippen molar-refractivity contribution in [3.8, 4) is 0 Å². The lowest BCUT2D eigenvalue weighted by atomic mass is 9.71. The zero-order valence-electron chi connectivity index (χ0n) is 12.4. The van der Waals surface area contributed by atoms with Gasteiger partial charge >= 0.3 is 0 Å². The summed E-state index contributed by atoms with van der Waals surface area (Å²) in [5.41, 5.74) is 9.26. The van der Waals surface area contributed by atoms with Crippen molar-refractivity contribution in [3.63, 3.8) is 0 Å². The van der Waals surface area contributed by atoms with Crippen LogP contribution < -0.4 is 5.73 Å². The number of rotatable bonds is 4. The highest BCUT2D eigenvalue weighted by atomic mass is 35.5. The molecule has 1 atom stereocenters. The molecule has 2 heteroatoms. The monoisotopic (exact) mass is 279 g/mol. The second-order valence-electron chi connectivity index (χ2n) is 6.65. The molecule has 1 aliphatic rings. The SMILES string of the molecule is Cc1ccc(C(N)C2(CC(C)C)CCCC2)cc1Cl. The third kappa shape index (κ3) is 3.14. The summed E-state index contributed by atoms with van der Waals surface area (Å²) in [7, 11) is 0. The second kappa shape index (κ2) is 5.85. The quantitative estimate of drug-likeness (QED) is 0.800. The summed E-state index contributed by atoms with van der Waals surface area (Å²) in [4.78, 5) is 0. The van der Waals surface area contributed by atoms with Gasteiger partial charge < -0.3 is 5.73 Å². The molecule has 0 amide bonds. The van der Waals surface area contributed by atoms with E-state index in [2.05, 4.69) is 32.0 Å². The van der Waals surface area contributed by atoms with Gasteiger partial charge in [-0.05, 0) is 54.7 Å². The van der Waals surface area contributed by atoms with E-state index >= 15 is 0 Å². The summed E-state index contributed by atoms with van der Waals surface area (Å²) in [5.74, 6) is 0.699. The molecule has 0 aromatic heterocycles. The summed E-state index contributed by atoms with van der Waals surface area (Å²) >= 11 is 6.26. The van der Waals surface area contributed by atoms with Crippen LogP contribution in [0, 0.1) is 18.3 Å². The van der Waals surface area contributed by atoms with Crippen molar-refractivity contribution in [2.24, 2.45) is 17.1 Å². The molecule has 1 aromatic carbocycles. The molecule has 1 fully saturated rings. The van der Waals surface area contributed by atoms with E-state index in [1.54, 1.807) is 0 Å². The Balaban J connectivity index is 2.28. The topological polar surface area (TPSA) is 26.0 Å². The molecule has 0 saturated heterocycles. The van der Waals surface area contributed by atoms with E-state index < -0.39 is 0 Å². The molecule has 0 aliphatic heterocycles. The van der Waals surface area contributed by atoms with Gasteiger partial charge in [-0.3, -0.25) is 0 Å². The fraction of sp³-hybridized carbons (Fsp3) is 0.647. The zero-order chi connectivity index (χ0) is 14.0. The predicted molar refractivity (Wildman–Crippen MR) is 83.5 cm³/mol. The van der Waals surface area contributed by atoms with Gasteiger partial charge in [0.2, 0.25) is 0 Å². The number of halogens is 1. The second-order valence-corrected chi connectivity index (χ2v) is 7.06. The Hall–Kier alpha value is -0.530. The van der Waals surface area contributed by atoms with Crippen molar-refractivity contribution in [2.75, 3.05) is 0 Å². The van der Waals surface area contributed by atoms with E-state index in [9.17, 15) is 0 Å². The summed E-state index contributed by atoms with van der Waals surface area (Å²) in [6.45, 7) is 6.64. The fourth-order valence-corrected chi connectivity index (χ4v) is 3.88. The third-order valence-electron chi connectivity index (χ3n) is 4.63. The zero-order valence-corrected chi connectivity index (χ0v) is 13.1. The summed E-state index contributed by atoms with van der Waals surface area (Å²) in [5, 5.41) is 0.839. The fourth-order valence-electron chi connectivity index (χ4n) is 3.69. The molecule has 0 bridgehead atoms. The minimum atomic E-state index is 0.121. The van der Waals surface area contributed by atoms with Crippen LogP contribution >= 0.6 is 11.6 Å². The summed E-state index contributed by atoms with van der Waals surface area (Å²) in [6.07, 6.45) is 6.38. The summed E-state index contributed by atoms with van der Waals surface area (Å²) < 4.78 is 0. The predicted octanol–water partition coefficient (Wildman–Crippen LogP) is 5.25. The molecule has 1 unspecified atom stereocenters. The Morgan fingerprint density at radius 1 is 1.26 bits per heavy atom. The van der Waals surface area contributed by atoms with Gasteiger partial charge in [-0.25, -0.2) is 0 Å². The molecule has 1 aliphatic carbocycles. The first-order valence-electron chi connectivity index (χ1n) is 7.46. The average molecular weight is 280 g/mol. The highest BCUT2D eigenvalue weighted by Crippen LogP contribution is 2.50. The van der Waals surface area contributed by atoms with E-state index in [0.717, 1.165) is 10.6 Å². The van der Waals surface area contributed by atoms with Crippen molar-refractivity contribution in [1.82, 2.24) is 0 Å². The Bertz CT molecular complexity index is 433. The Labute approximate surface area is 122 Å². The minimum Gasteiger partial charge on any atom is -0.323 e.